The molecule has 0 spiro atoms. The van der Waals surface area contributed by atoms with Crippen LogP contribution >= 0.6 is 0 Å². The third kappa shape index (κ3) is 3.87. The van der Waals surface area contributed by atoms with Crippen molar-refractivity contribution in [1.29, 1.82) is 0 Å². The number of nitrogens with zero attached hydrogens (tertiary/aromatic N) is 5. The zero-order valence-corrected chi connectivity index (χ0v) is 17.4. The Kier molecular flexibility index (Phi) is 5.44. The maximum absolute atomic E-state index is 14.5. The molecule has 1 aliphatic heterocycles. The lowest BCUT2D eigenvalue weighted by Gasteiger charge is -2.37. The Morgan fingerprint density at radius 1 is 1.00 bits per heavy atom. The Labute approximate surface area is 175 Å². The predicted molar refractivity (Wildman–Crippen MR) is 116 cm³/mol. The second-order valence-corrected chi connectivity index (χ2v) is 7.49. The van der Waals surface area contributed by atoms with Gasteiger partial charge in [0.1, 0.15) is 17.3 Å². The molecule has 0 unspecified atom stereocenters. The first-order valence-corrected chi connectivity index (χ1v) is 10.0. The average Bonchev–Trinajstić information content (AvgIpc) is 2.76. The number of carbonyl (C=O) groups is 1. The molecule has 0 aliphatic carbocycles. The van der Waals surface area contributed by atoms with E-state index in [4.69, 9.17) is 4.98 Å². The Morgan fingerprint density at radius 2 is 1.73 bits per heavy atom. The number of hydrogen-bond donors (Lipinski definition) is 0. The number of rotatable bonds is 4. The zero-order chi connectivity index (χ0) is 21.3. The second-order valence-electron chi connectivity index (χ2n) is 7.49. The minimum atomic E-state index is -0.359. The van der Waals surface area contributed by atoms with Crippen LogP contribution in [0.25, 0.3) is 11.5 Å². The van der Waals surface area contributed by atoms with Gasteiger partial charge in [-0.2, -0.15) is 0 Å². The van der Waals surface area contributed by atoms with E-state index in [0.717, 1.165) is 22.8 Å². The molecule has 3 aromatic rings. The number of Topliss-reactive ketones (excluding diaryl/α,β-unsaturated/α-hetero) is 1. The fraction of sp³-hybridized carbons (Fsp3) is 0.304. The highest BCUT2D eigenvalue weighted by Gasteiger charge is 2.23. The summed E-state index contributed by atoms with van der Waals surface area (Å²) in [5.74, 6) is 1.02. The van der Waals surface area contributed by atoms with Gasteiger partial charge in [0.2, 0.25) is 0 Å². The van der Waals surface area contributed by atoms with E-state index in [2.05, 4.69) is 14.9 Å². The number of aromatic nitrogens is 3. The molecule has 7 heteroatoms. The highest BCUT2D eigenvalue weighted by molar-refractivity contribution is 5.94. The lowest BCUT2D eigenvalue weighted by atomic mass is 10.1. The second kappa shape index (κ2) is 8.18. The van der Waals surface area contributed by atoms with Gasteiger partial charge in [-0.1, -0.05) is 6.07 Å². The van der Waals surface area contributed by atoms with Crippen molar-refractivity contribution in [2.45, 2.75) is 20.8 Å². The summed E-state index contributed by atoms with van der Waals surface area (Å²) in [7, 11) is 0. The van der Waals surface area contributed by atoms with E-state index in [1.807, 2.05) is 36.9 Å². The first-order valence-electron chi connectivity index (χ1n) is 10.0. The first-order chi connectivity index (χ1) is 14.4. The molecular formula is C23H24FN5O. The third-order valence-corrected chi connectivity index (χ3v) is 5.53. The molecule has 3 heterocycles. The SMILES string of the molecule is CC(=O)c1ccc(N2CCN(c3nc(-c4ccccn4)nc(C)c3C)CC2)c(F)c1. The summed E-state index contributed by atoms with van der Waals surface area (Å²) in [6.45, 7) is 8.21. The minimum absolute atomic E-state index is 0.136. The summed E-state index contributed by atoms with van der Waals surface area (Å²) in [6, 6.07) is 10.4. The van der Waals surface area contributed by atoms with Crippen LogP contribution in [0.15, 0.2) is 42.6 Å². The average molecular weight is 405 g/mol. The summed E-state index contributed by atoms with van der Waals surface area (Å²) in [4.78, 5) is 29.5. The van der Waals surface area contributed by atoms with Crippen LogP contribution in [0.4, 0.5) is 15.9 Å². The Morgan fingerprint density at radius 3 is 2.37 bits per heavy atom. The fourth-order valence-electron chi connectivity index (χ4n) is 3.67. The first kappa shape index (κ1) is 19.9. The van der Waals surface area contributed by atoms with E-state index in [9.17, 15) is 9.18 Å². The van der Waals surface area contributed by atoms with Crippen LogP contribution in [-0.2, 0) is 0 Å². The lowest BCUT2D eigenvalue weighted by Crippen LogP contribution is -2.47. The smallest absolute Gasteiger partial charge is 0.180 e. The number of ketones is 1. The number of carbonyl (C=O) groups excluding carboxylic acids is 1. The van der Waals surface area contributed by atoms with E-state index < -0.39 is 0 Å². The molecule has 1 saturated heterocycles. The Balaban J connectivity index is 1.55. The highest BCUT2D eigenvalue weighted by atomic mass is 19.1. The summed E-state index contributed by atoms with van der Waals surface area (Å²) < 4.78 is 14.5. The molecule has 0 bridgehead atoms. The third-order valence-electron chi connectivity index (χ3n) is 5.53. The number of aryl methyl sites for hydroxylation is 1. The summed E-state index contributed by atoms with van der Waals surface area (Å²) in [5.41, 5.74) is 3.63. The monoisotopic (exact) mass is 405 g/mol. The fourth-order valence-corrected chi connectivity index (χ4v) is 3.67. The van der Waals surface area contributed by atoms with Crippen molar-refractivity contribution in [3.63, 3.8) is 0 Å². The van der Waals surface area contributed by atoms with Gasteiger partial charge in [0.15, 0.2) is 11.6 Å². The van der Waals surface area contributed by atoms with Crippen molar-refractivity contribution in [1.82, 2.24) is 15.0 Å². The molecule has 2 aromatic heterocycles. The maximum atomic E-state index is 14.5. The van der Waals surface area contributed by atoms with Crippen LogP contribution in [-0.4, -0.2) is 46.9 Å². The molecule has 0 saturated carbocycles. The zero-order valence-electron chi connectivity index (χ0n) is 17.4. The van der Waals surface area contributed by atoms with E-state index in [1.165, 1.54) is 13.0 Å². The number of hydrogen-bond acceptors (Lipinski definition) is 6. The maximum Gasteiger partial charge on any atom is 0.180 e. The van der Waals surface area contributed by atoms with Crippen LogP contribution in [0.2, 0.25) is 0 Å². The molecule has 0 amide bonds. The number of benzene rings is 1. The standard InChI is InChI=1S/C23H24FN5O/c1-15-16(2)26-22(20-6-4-5-9-25-20)27-23(15)29-12-10-28(11-13-29)21-8-7-18(17(3)30)14-19(21)24/h4-9,14H,10-13H2,1-3H3. The van der Waals surface area contributed by atoms with E-state index in [0.29, 0.717) is 43.3 Å². The van der Waals surface area contributed by atoms with Gasteiger partial charge in [0, 0.05) is 49.2 Å². The van der Waals surface area contributed by atoms with Crippen molar-refractivity contribution in [3.8, 4) is 11.5 Å². The molecule has 0 radical (unpaired) electrons. The van der Waals surface area contributed by atoms with Gasteiger partial charge < -0.3 is 9.80 Å². The number of halogens is 1. The highest BCUT2D eigenvalue weighted by Crippen LogP contribution is 2.27. The van der Waals surface area contributed by atoms with Crippen molar-refractivity contribution >= 4 is 17.3 Å². The van der Waals surface area contributed by atoms with Crippen molar-refractivity contribution < 1.29 is 9.18 Å². The van der Waals surface area contributed by atoms with Gasteiger partial charge in [-0.3, -0.25) is 9.78 Å². The summed E-state index contributed by atoms with van der Waals surface area (Å²) in [6.07, 6.45) is 1.73. The quantitative estimate of drug-likeness (QED) is 0.615. The lowest BCUT2D eigenvalue weighted by molar-refractivity contribution is 0.101. The van der Waals surface area contributed by atoms with E-state index >= 15 is 0 Å². The number of anilines is 2. The van der Waals surface area contributed by atoms with Crippen molar-refractivity contribution in [2.75, 3.05) is 36.0 Å². The van der Waals surface area contributed by atoms with Crippen molar-refractivity contribution in [2.24, 2.45) is 0 Å². The molecule has 30 heavy (non-hydrogen) atoms. The molecule has 1 aromatic carbocycles. The van der Waals surface area contributed by atoms with Gasteiger partial charge in [0.25, 0.3) is 0 Å². The predicted octanol–water partition coefficient (Wildman–Crippen LogP) is 3.82. The molecule has 0 N–H and O–H groups in total. The van der Waals surface area contributed by atoms with Gasteiger partial charge >= 0.3 is 0 Å². The van der Waals surface area contributed by atoms with Gasteiger partial charge in [-0.15, -0.1) is 0 Å². The Bertz CT molecular complexity index is 1080. The van der Waals surface area contributed by atoms with Gasteiger partial charge in [-0.25, -0.2) is 14.4 Å². The molecular weight excluding hydrogens is 381 g/mol. The molecule has 0 atom stereocenters. The van der Waals surface area contributed by atoms with Gasteiger partial charge in [0.05, 0.1) is 5.69 Å². The van der Waals surface area contributed by atoms with Crippen LogP contribution in [0.1, 0.15) is 28.5 Å². The number of pyridine rings is 1. The minimum Gasteiger partial charge on any atom is -0.366 e. The van der Waals surface area contributed by atoms with Crippen LogP contribution in [0, 0.1) is 19.7 Å². The largest absolute Gasteiger partial charge is 0.366 e. The number of piperazine rings is 1. The van der Waals surface area contributed by atoms with Crippen LogP contribution in [0.3, 0.4) is 0 Å². The van der Waals surface area contributed by atoms with Crippen molar-refractivity contribution in [3.05, 3.63) is 65.2 Å². The van der Waals surface area contributed by atoms with E-state index in [1.54, 1.807) is 18.3 Å². The summed E-state index contributed by atoms with van der Waals surface area (Å²) >= 11 is 0. The normalized spacial score (nSPS) is 14.1. The van der Waals surface area contributed by atoms with Crippen LogP contribution < -0.4 is 9.80 Å². The van der Waals surface area contributed by atoms with E-state index in [-0.39, 0.29) is 11.6 Å². The molecule has 1 fully saturated rings. The van der Waals surface area contributed by atoms with Crippen LogP contribution in [0.5, 0.6) is 0 Å². The molecule has 154 valence electrons. The summed E-state index contributed by atoms with van der Waals surface area (Å²) in [5, 5.41) is 0. The molecule has 6 nitrogen and oxygen atoms in total. The molecule has 4 rings (SSSR count). The van der Waals surface area contributed by atoms with Gasteiger partial charge in [-0.05, 0) is 51.1 Å². The topological polar surface area (TPSA) is 62.2 Å². The molecule has 1 aliphatic rings. The Hall–Kier alpha value is -3.35.